The van der Waals surface area contributed by atoms with Crippen LogP contribution in [0.4, 0.5) is 5.69 Å². The number of aromatic nitrogens is 1. The molecule has 2 heterocycles. The van der Waals surface area contributed by atoms with Crippen molar-refractivity contribution in [3.63, 3.8) is 0 Å². The third kappa shape index (κ3) is 5.32. The van der Waals surface area contributed by atoms with Crippen LogP contribution in [-0.2, 0) is 9.53 Å². The Balaban J connectivity index is 1.54. The minimum Gasteiger partial charge on any atom is -0.462 e. The second-order valence-electron chi connectivity index (χ2n) is 9.52. The van der Waals surface area contributed by atoms with E-state index in [0.717, 1.165) is 39.5 Å². The van der Waals surface area contributed by atoms with Crippen LogP contribution >= 0.6 is 24.0 Å². The third-order valence-corrected chi connectivity index (χ3v) is 8.18. The summed E-state index contributed by atoms with van der Waals surface area (Å²) in [6, 6.07) is 39.2. The second kappa shape index (κ2) is 12.0. The van der Waals surface area contributed by atoms with E-state index in [1.165, 1.54) is 11.8 Å². The zero-order valence-electron chi connectivity index (χ0n) is 22.8. The van der Waals surface area contributed by atoms with E-state index in [0.29, 0.717) is 21.4 Å². The molecule has 1 saturated heterocycles. The molecule has 42 heavy (non-hydrogen) atoms. The number of ether oxygens (including phenoxy) is 1. The van der Waals surface area contributed by atoms with Crippen LogP contribution in [-0.4, -0.2) is 27.4 Å². The van der Waals surface area contributed by atoms with Crippen molar-refractivity contribution in [2.45, 2.75) is 6.92 Å². The van der Waals surface area contributed by atoms with E-state index in [1.54, 1.807) is 24.0 Å². The summed E-state index contributed by atoms with van der Waals surface area (Å²) in [5.74, 6) is -0.507. The van der Waals surface area contributed by atoms with Gasteiger partial charge in [0.15, 0.2) is 4.32 Å². The first-order chi connectivity index (χ1) is 20.5. The highest BCUT2D eigenvalue weighted by Crippen LogP contribution is 2.41. The Bertz CT molecular complexity index is 1800. The van der Waals surface area contributed by atoms with Crippen molar-refractivity contribution in [2.75, 3.05) is 11.5 Å². The molecule has 1 amide bonds. The molecule has 5 aromatic rings. The number of nitrogens with zero attached hydrogens (tertiary/aromatic N) is 2. The van der Waals surface area contributed by atoms with Gasteiger partial charge in [0.2, 0.25) is 0 Å². The molecule has 0 aliphatic carbocycles. The summed E-state index contributed by atoms with van der Waals surface area (Å²) in [5.41, 5.74) is 6.85. The standard InChI is InChI=1S/C35H26N2O3S2/c1-2-40-34(39)26-18-20-29(21-19-26)36-30(24-12-6-3-7-13-24)22-27(32(36)25-14-8-4-9-15-25)23-31-33(38)37(35(41)42-31)28-16-10-5-11-17-28/h3-23H,2H2,1H3/b31-23-. The third-order valence-electron chi connectivity index (χ3n) is 6.88. The Kier molecular flexibility index (Phi) is 7.86. The molecule has 4 aromatic carbocycles. The first-order valence-corrected chi connectivity index (χ1v) is 14.7. The second-order valence-corrected chi connectivity index (χ2v) is 11.2. The molecule has 0 unspecified atom stereocenters. The smallest absolute Gasteiger partial charge is 0.338 e. The van der Waals surface area contributed by atoms with Gasteiger partial charge in [0.05, 0.1) is 34.2 Å². The number of benzene rings is 4. The van der Waals surface area contributed by atoms with Gasteiger partial charge in [0.1, 0.15) is 0 Å². The minimum atomic E-state index is -0.357. The summed E-state index contributed by atoms with van der Waals surface area (Å²) >= 11 is 6.94. The van der Waals surface area contributed by atoms with Crippen LogP contribution in [0.3, 0.4) is 0 Å². The van der Waals surface area contributed by atoms with Crippen molar-refractivity contribution >= 4 is 51.9 Å². The molecule has 0 bridgehead atoms. The fourth-order valence-corrected chi connectivity index (χ4v) is 6.28. The lowest BCUT2D eigenvalue weighted by Crippen LogP contribution is -2.27. The molecule has 1 aromatic heterocycles. The van der Waals surface area contributed by atoms with Gasteiger partial charge >= 0.3 is 5.97 Å². The first kappa shape index (κ1) is 27.4. The Morgan fingerprint density at radius 2 is 1.40 bits per heavy atom. The zero-order chi connectivity index (χ0) is 29.1. The van der Waals surface area contributed by atoms with E-state index in [2.05, 4.69) is 34.9 Å². The zero-order valence-corrected chi connectivity index (χ0v) is 24.4. The summed E-state index contributed by atoms with van der Waals surface area (Å²) in [6.07, 6.45) is 1.93. The Hall–Kier alpha value is -4.72. The van der Waals surface area contributed by atoms with Crippen LogP contribution in [0, 0.1) is 0 Å². The van der Waals surface area contributed by atoms with Crippen LogP contribution in [0.2, 0.25) is 0 Å². The molecular weight excluding hydrogens is 561 g/mol. The summed E-state index contributed by atoms with van der Waals surface area (Å²) in [4.78, 5) is 28.2. The molecule has 1 aliphatic rings. The Morgan fingerprint density at radius 3 is 2.02 bits per heavy atom. The van der Waals surface area contributed by atoms with Crippen LogP contribution < -0.4 is 4.90 Å². The van der Waals surface area contributed by atoms with Gasteiger partial charge in [-0.25, -0.2) is 4.79 Å². The van der Waals surface area contributed by atoms with Gasteiger partial charge in [-0.15, -0.1) is 0 Å². The predicted molar refractivity (Wildman–Crippen MR) is 175 cm³/mol. The highest BCUT2D eigenvalue weighted by atomic mass is 32.2. The van der Waals surface area contributed by atoms with Crippen molar-refractivity contribution in [2.24, 2.45) is 0 Å². The summed E-state index contributed by atoms with van der Waals surface area (Å²) in [7, 11) is 0. The maximum absolute atomic E-state index is 13.7. The van der Waals surface area contributed by atoms with Gasteiger partial charge in [-0.1, -0.05) is 103 Å². The van der Waals surface area contributed by atoms with Gasteiger partial charge < -0.3 is 9.30 Å². The van der Waals surface area contributed by atoms with E-state index in [1.807, 2.05) is 84.9 Å². The van der Waals surface area contributed by atoms with Crippen molar-refractivity contribution in [3.05, 3.63) is 137 Å². The number of hydrogen-bond donors (Lipinski definition) is 0. The van der Waals surface area contributed by atoms with Crippen molar-refractivity contribution < 1.29 is 14.3 Å². The maximum atomic E-state index is 13.7. The minimum absolute atomic E-state index is 0.150. The lowest BCUT2D eigenvalue weighted by Gasteiger charge is -2.16. The summed E-state index contributed by atoms with van der Waals surface area (Å²) in [5, 5.41) is 0. The topological polar surface area (TPSA) is 51.5 Å². The quantitative estimate of drug-likeness (QED) is 0.109. The van der Waals surface area contributed by atoms with Gasteiger partial charge in [-0.05, 0) is 66.6 Å². The number of amides is 1. The number of anilines is 1. The highest BCUT2D eigenvalue weighted by Gasteiger charge is 2.34. The average Bonchev–Trinajstić information content (AvgIpc) is 3.54. The van der Waals surface area contributed by atoms with Crippen LogP contribution in [0.15, 0.2) is 126 Å². The van der Waals surface area contributed by atoms with Crippen LogP contribution in [0.1, 0.15) is 22.8 Å². The maximum Gasteiger partial charge on any atom is 0.338 e. The number of carbonyl (C=O) groups excluding carboxylic acids is 2. The number of rotatable bonds is 7. The van der Waals surface area contributed by atoms with Crippen molar-refractivity contribution in [1.82, 2.24) is 4.57 Å². The molecule has 206 valence electrons. The number of thioether (sulfide) groups is 1. The summed E-state index contributed by atoms with van der Waals surface area (Å²) in [6.45, 7) is 2.11. The summed E-state index contributed by atoms with van der Waals surface area (Å²) < 4.78 is 7.86. The van der Waals surface area contributed by atoms with E-state index in [4.69, 9.17) is 17.0 Å². The fraction of sp³-hybridized carbons (Fsp3) is 0.0571. The number of esters is 1. The monoisotopic (exact) mass is 586 g/mol. The lowest BCUT2D eigenvalue weighted by atomic mass is 10.1. The molecule has 5 nitrogen and oxygen atoms in total. The Morgan fingerprint density at radius 1 is 0.810 bits per heavy atom. The lowest BCUT2D eigenvalue weighted by molar-refractivity contribution is -0.113. The molecule has 6 rings (SSSR count). The molecule has 1 aliphatic heterocycles. The molecule has 0 spiro atoms. The van der Waals surface area contributed by atoms with Crippen molar-refractivity contribution in [3.8, 4) is 28.2 Å². The normalized spacial score (nSPS) is 14.0. The SMILES string of the molecule is CCOC(=O)c1ccc(-n2c(-c3ccccc3)cc(/C=C3\SC(=S)N(c4ccccc4)C3=O)c2-c2ccccc2)cc1. The largest absolute Gasteiger partial charge is 0.462 e. The van der Waals surface area contributed by atoms with E-state index >= 15 is 0 Å². The van der Waals surface area contributed by atoms with E-state index in [9.17, 15) is 9.59 Å². The number of thiocarbonyl (C=S) groups is 1. The van der Waals surface area contributed by atoms with Gasteiger partial charge in [-0.2, -0.15) is 0 Å². The average molecular weight is 587 g/mol. The molecule has 0 N–H and O–H groups in total. The van der Waals surface area contributed by atoms with Crippen LogP contribution in [0.25, 0.3) is 34.3 Å². The van der Waals surface area contributed by atoms with Gasteiger partial charge in [0.25, 0.3) is 5.91 Å². The molecule has 7 heteroatoms. The molecule has 0 saturated carbocycles. The molecular formula is C35H26N2O3S2. The van der Waals surface area contributed by atoms with Crippen molar-refractivity contribution in [1.29, 1.82) is 0 Å². The highest BCUT2D eigenvalue weighted by molar-refractivity contribution is 8.27. The van der Waals surface area contributed by atoms with Gasteiger partial charge in [-0.3, -0.25) is 9.69 Å². The number of hydrogen-bond acceptors (Lipinski definition) is 5. The molecule has 1 fully saturated rings. The van der Waals surface area contributed by atoms with Crippen LogP contribution in [0.5, 0.6) is 0 Å². The molecule has 0 radical (unpaired) electrons. The Labute approximate surface area is 254 Å². The number of para-hydroxylation sites is 1. The van der Waals surface area contributed by atoms with E-state index in [-0.39, 0.29) is 11.9 Å². The van der Waals surface area contributed by atoms with E-state index < -0.39 is 0 Å². The first-order valence-electron chi connectivity index (χ1n) is 13.5. The van der Waals surface area contributed by atoms with Gasteiger partial charge in [0, 0.05) is 11.3 Å². The fourth-order valence-electron chi connectivity index (χ4n) is 4.99. The molecule has 0 atom stereocenters. The number of carbonyl (C=O) groups is 2. The predicted octanol–water partition coefficient (Wildman–Crippen LogP) is 8.39.